The van der Waals surface area contributed by atoms with Crippen molar-refractivity contribution in [1.29, 1.82) is 0 Å². The lowest BCUT2D eigenvalue weighted by atomic mass is 10.1. The van der Waals surface area contributed by atoms with Gasteiger partial charge in [-0.3, -0.25) is 4.79 Å². The third kappa shape index (κ3) is 4.58. The Hall–Kier alpha value is -3.51. The molecule has 1 aliphatic rings. The van der Waals surface area contributed by atoms with Gasteiger partial charge in [0.2, 0.25) is 5.91 Å². The van der Waals surface area contributed by atoms with Gasteiger partial charge < -0.3 is 18.9 Å². The third-order valence-electron chi connectivity index (χ3n) is 6.56. The molecule has 0 aliphatic carbocycles. The van der Waals surface area contributed by atoms with Crippen molar-refractivity contribution in [2.75, 3.05) is 25.2 Å². The van der Waals surface area contributed by atoms with E-state index in [0.29, 0.717) is 24.6 Å². The lowest BCUT2D eigenvalue weighted by Crippen LogP contribution is -2.25. The zero-order valence-electron chi connectivity index (χ0n) is 19.9. The highest BCUT2D eigenvalue weighted by Gasteiger charge is 2.35. The molecule has 1 aliphatic heterocycles. The van der Waals surface area contributed by atoms with E-state index in [1.54, 1.807) is 7.11 Å². The molecular formula is C28H28ClN3O3. The zero-order chi connectivity index (χ0) is 24.4. The second kappa shape index (κ2) is 10.0. The van der Waals surface area contributed by atoms with Crippen molar-refractivity contribution in [3.63, 3.8) is 0 Å². The number of carbonyl (C=O) groups is 1. The molecule has 4 aromatic rings. The van der Waals surface area contributed by atoms with E-state index in [4.69, 9.17) is 26.1 Å². The fraction of sp³-hybridized carbons (Fsp3) is 0.286. The number of hydrogen-bond acceptors (Lipinski definition) is 4. The predicted octanol–water partition coefficient (Wildman–Crippen LogP) is 6.00. The first-order valence-corrected chi connectivity index (χ1v) is 12.2. The number of fused-ring (bicyclic) bond motifs is 1. The highest BCUT2D eigenvalue weighted by Crippen LogP contribution is 2.36. The van der Waals surface area contributed by atoms with Gasteiger partial charge in [0.15, 0.2) is 11.5 Å². The molecule has 0 saturated carbocycles. The van der Waals surface area contributed by atoms with E-state index in [0.717, 1.165) is 52.6 Å². The molecule has 35 heavy (non-hydrogen) atoms. The van der Waals surface area contributed by atoms with Gasteiger partial charge in [-0.05, 0) is 55.3 Å². The van der Waals surface area contributed by atoms with Gasteiger partial charge in [0, 0.05) is 36.1 Å². The van der Waals surface area contributed by atoms with Crippen LogP contribution >= 0.6 is 11.6 Å². The summed E-state index contributed by atoms with van der Waals surface area (Å²) in [5, 5.41) is 0.668. The minimum Gasteiger partial charge on any atom is -0.493 e. The molecule has 2 heterocycles. The Morgan fingerprint density at radius 2 is 1.80 bits per heavy atom. The van der Waals surface area contributed by atoms with Gasteiger partial charge >= 0.3 is 0 Å². The highest BCUT2D eigenvalue weighted by atomic mass is 35.5. The first kappa shape index (κ1) is 23.2. The largest absolute Gasteiger partial charge is 0.493 e. The highest BCUT2D eigenvalue weighted by molar-refractivity contribution is 6.31. The number of ether oxygens (including phenoxy) is 2. The van der Waals surface area contributed by atoms with Crippen LogP contribution in [-0.2, 0) is 11.3 Å². The number of imidazole rings is 1. The SMILES string of the molecule is COc1ccccc1OCCCn1c(C2CC(=O)N(c3cccc(Cl)c3C)C2)nc2ccccc21. The van der Waals surface area contributed by atoms with Crippen LogP contribution in [0, 0.1) is 6.92 Å². The van der Waals surface area contributed by atoms with Crippen molar-refractivity contribution in [1.82, 2.24) is 9.55 Å². The number of methoxy groups -OCH3 is 1. The Morgan fingerprint density at radius 1 is 1.03 bits per heavy atom. The molecular weight excluding hydrogens is 462 g/mol. The second-order valence-electron chi connectivity index (χ2n) is 8.75. The Labute approximate surface area is 210 Å². The van der Waals surface area contributed by atoms with Crippen LogP contribution < -0.4 is 14.4 Å². The lowest BCUT2D eigenvalue weighted by Gasteiger charge is -2.20. The monoisotopic (exact) mass is 489 g/mol. The van der Waals surface area contributed by atoms with Gasteiger partial charge in [0.05, 0.1) is 24.8 Å². The summed E-state index contributed by atoms with van der Waals surface area (Å²) in [6.07, 6.45) is 1.22. The van der Waals surface area contributed by atoms with E-state index in [-0.39, 0.29) is 11.8 Å². The Kier molecular flexibility index (Phi) is 6.64. The Morgan fingerprint density at radius 3 is 2.63 bits per heavy atom. The van der Waals surface area contributed by atoms with Crippen LogP contribution in [-0.4, -0.2) is 35.7 Å². The summed E-state index contributed by atoms with van der Waals surface area (Å²) >= 11 is 6.33. The number of benzene rings is 3. The van der Waals surface area contributed by atoms with E-state index in [1.165, 1.54) is 0 Å². The van der Waals surface area contributed by atoms with Crippen LogP contribution in [0.15, 0.2) is 66.7 Å². The fourth-order valence-electron chi connectivity index (χ4n) is 4.79. The molecule has 0 radical (unpaired) electrons. The van der Waals surface area contributed by atoms with Gasteiger partial charge in [-0.15, -0.1) is 0 Å². The number of carbonyl (C=O) groups excluding carboxylic acids is 1. The lowest BCUT2D eigenvalue weighted by molar-refractivity contribution is -0.117. The van der Waals surface area contributed by atoms with Crippen molar-refractivity contribution in [3.05, 3.63) is 83.1 Å². The quantitative estimate of drug-likeness (QED) is 0.285. The van der Waals surface area contributed by atoms with Gasteiger partial charge in [-0.25, -0.2) is 4.98 Å². The molecule has 1 atom stereocenters. The van der Waals surface area contributed by atoms with Crippen molar-refractivity contribution >= 4 is 34.2 Å². The summed E-state index contributed by atoms with van der Waals surface area (Å²) in [5.74, 6) is 2.50. The molecule has 6 nitrogen and oxygen atoms in total. The van der Waals surface area contributed by atoms with E-state index in [9.17, 15) is 4.79 Å². The van der Waals surface area contributed by atoms with E-state index in [2.05, 4.69) is 10.6 Å². The van der Waals surface area contributed by atoms with Gasteiger partial charge in [0.1, 0.15) is 5.82 Å². The summed E-state index contributed by atoms with van der Waals surface area (Å²) in [6.45, 7) is 3.83. The van der Waals surface area contributed by atoms with Gasteiger partial charge in [-0.1, -0.05) is 41.9 Å². The van der Waals surface area contributed by atoms with Crippen molar-refractivity contribution < 1.29 is 14.3 Å². The molecule has 1 saturated heterocycles. The molecule has 1 amide bonds. The van der Waals surface area contributed by atoms with Crippen LogP contribution in [0.2, 0.25) is 5.02 Å². The van der Waals surface area contributed by atoms with Crippen molar-refractivity contribution in [2.45, 2.75) is 32.2 Å². The summed E-state index contributed by atoms with van der Waals surface area (Å²) in [5.41, 5.74) is 3.81. The first-order valence-electron chi connectivity index (χ1n) is 11.8. The molecule has 3 aromatic carbocycles. The number of anilines is 1. The molecule has 5 rings (SSSR count). The summed E-state index contributed by atoms with van der Waals surface area (Å²) < 4.78 is 13.6. The maximum atomic E-state index is 13.0. The summed E-state index contributed by atoms with van der Waals surface area (Å²) in [7, 11) is 1.64. The number of hydrogen-bond donors (Lipinski definition) is 0. The minimum absolute atomic E-state index is 0.00316. The molecule has 0 spiro atoms. The number of rotatable bonds is 8. The topological polar surface area (TPSA) is 56.6 Å². The van der Waals surface area contributed by atoms with E-state index in [1.807, 2.05) is 72.5 Å². The minimum atomic E-state index is 0.00316. The molecule has 0 N–H and O–H groups in total. The summed E-state index contributed by atoms with van der Waals surface area (Å²) in [4.78, 5) is 19.8. The molecule has 7 heteroatoms. The molecule has 1 unspecified atom stereocenters. The van der Waals surface area contributed by atoms with Crippen molar-refractivity contribution in [3.8, 4) is 11.5 Å². The first-order chi connectivity index (χ1) is 17.1. The summed E-state index contributed by atoms with van der Waals surface area (Å²) in [6, 6.07) is 21.5. The molecule has 0 bridgehead atoms. The van der Waals surface area contributed by atoms with Gasteiger partial charge in [0.25, 0.3) is 0 Å². The smallest absolute Gasteiger partial charge is 0.227 e. The maximum Gasteiger partial charge on any atom is 0.227 e. The van der Waals surface area contributed by atoms with Crippen molar-refractivity contribution in [2.24, 2.45) is 0 Å². The van der Waals surface area contributed by atoms with Crippen LogP contribution in [0.5, 0.6) is 11.5 Å². The van der Waals surface area contributed by atoms with E-state index >= 15 is 0 Å². The van der Waals surface area contributed by atoms with E-state index < -0.39 is 0 Å². The number of para-hydroxylation sites is 4. The molecule has 1 aromatic heterocycles. The normalized spacial score (nSPS) is 15.7. The van der Waals surface area contributed by atoms with Crippen LogP contribution in [0.25, 0.3) is 11.0 Å². The second-order valence-corrected chi connectivity index (χ2v) is 9.16. The Bertz CT molecular complexity index is 1370. The fourth-order valence-corrected chi connectivity index (χ4v) is 4.96. The Balaban J connectivity index is 1.36. The average molecular weight is 490 g/mol. The standard InChI is InChI=1S/C28H28ClN3O3/c1-19-21(29)9-7-12-23(19)32-18-20(17-27(32)33)28-30-22-10-3-4-11-24(22)31(28)15-8-16-35-26-14-6-5-13-25(26)34-2/h3-7,9-14,20H,8,15-18H2,1-2H3. The number of halogens is 1. The number of aryl methyl sites for hydroxylation is 1. The molecule has 1 fully saturated rings. The van der Waals surface area contributed by atoms with Crippen LogP contribution in [0.1, 0.15) is 30.1 Å². The number of nitrogens with zero attached hydrogens (tertiary/aromatic N) is 3. The number of amides is 1. The molecule has 180 valence electrons. The number of aromatic nitrogens is 2. The van der Waals surface area contributed by atoms with Crippen LogP contribution in [0.4, 0.5) is 5.69 Å². The zero-order valence-corrected chi connectivity index (χ0v) is 20.7. The third-order valence-corrected chi connectivity index (χ3v) is 6.97. The van der Waals surface area contributed by atoms with Crippen LogP contribution in [0.3, 0.4) is 0 Å². The maximum absolute atomic E-state index is 13.0. The average Bonchev–Trinajstić information content (AvgIpc) is 3.44. The van der Waals surface area contributed by atoms with Gasteiger partial charge in [-0.2, -0.15) is 0 Å². The predicted molar refractivity (Wildman–Crippen MR) is 139 cm³/mol.